The third-order valence-corrected chi connectivity index (χ3v) is 1.81. The number of hydrogen-bond donors (Lipinski definition) is 0. The molecule has 0 aromatic carbocycles. The minimum Gasteiger partial charge on any atom is -0.472 e. The van der Waals surface area contributed by atoms with Crippen LogP contribution >= 0.6 is 0 Å². The molecule has 64 valence electrons. The fraction of sp³-hybridized carbons (Fsp3) is 0.444. The Labute approximate surface area is 71.3 Å². The summed E-state index contributed by atoms with van der Waals surface area (Å²) in [6.07, 6.45) is 2.89. The highest BCUT2D eigenvalue weighted by Crippen LogP contribution is 2.12. The number of pyridine rings is 1. The van der Waals surface area contributed by atoms with Gasteiger partial charge in [0.2, 0.25) is 5.88 Å². The molecule has 0 bridgehead atoms. The van der Waals surface area contributed by atoms with E-state index in [1.165, 1.54) is 0 Å². The standard InChI is InChI=1S/C9H11NO2/c1-2-5-10-9(3-1)12-8-4-6-11-7-8/h1-3,5,8H,4,6-7H2/t8-/m1/s1. The van der Waals surface area contributed by atoms with Crippen molar-refractivity contribution >= 4 is 0 Å². The van der Waals surface area contributed by atoms with Crippen molar-refractivity contribution in [1.82, 2.24) is 4.98 Å². The second kappa shape index (κ2) is 3.54. The SMILES string of the molecule is c1ccc(O[C@@H]2CCOC2)nc1. The lowest BCUT2D eigenvalue weighted by Crippen LogP contribution is -2.16. The van der Waals surface area contributed by atoms with E-state index in [1.54, 1.807) is 6.20 Å². The predicted octanol–water partition coefficient (Wildman–Crippen LogP) is 1.25. The first kappa shape index (κ1) is 7.55. The van der Waals surface area contributed by atoms with Crippen LogP contribution in [0.25, 0.3) is 0 Å². The molecule has 1 saturated heterocycles. The molecule has 1 atom stereocenters. The molecule has 3 heteroatoms. The van der Waals surface area contributed by atoms with Crippen molar-refractivity contribution < 1.29 is 9.47 Å². The Bertz CT molecular complexity index is 232. The second-order valence-electron chi connectivity index (χ2n) is 2.77. The Morgan fingerprint density at radius 1 is 1.50 bits per heavy atom. The highest BCUT2D eigenvalue weighted by Gasteiger charge is 2.17. The molecule has 3 nitrogen and oxygen atoms in total. The first-order chi connectivity index (χ1) is 5.95. The number of rotatable bonds is 2. The summed E-state index contributed by atoms with van der Waals surface area (Å²) in [5.41, 5.74) is 0. The fourth-order valence-electron chi connectivity index (χ4n) is 1.19. The molecule has 2 heterocycles. The largest absolute Gasteiger partial charge is 0.472 e. The van der Waals surface area contributed by atoms with Gasteiger partial charge in [0.05, 0.1) is 13.2 Å². The van der Waals surface area contributed by atoms with E-state index >= 15 is 0 Å². The molecule has 0 radical (unpaired) electrons. The van der Waals surface area contributed by atoms with E-state index in [9.17, 15) is 0 Å². The van der Waals surface area contributed by atoms with Gasteiger partial charge in [0.15, 0.2) is 0 Å². The van der Waals surface area contributed by atoms with Crippen LogP contribution in [0.3, 0.4) is 0 Å². The van der Waals surface area contributed by atoms with Crippen LogP contribution in [-0.4, -0.2) is 24.3 Å². The number of hydrogen-bond acceptors (Lipinski definition) is 3. The zero-order chi connectivity index (χ0) is 8.23. The van der Waals surface area contributed by atoms with Gasteiger partial charge < -0.3 is 9.47 Å². The zero-order valence-electron chi connectivity index (χ0n) is 6.77. The Morgan fingerprint density at radius 2 is 2.50 bits per heavy atom. The molecule has 12 heavy (non-hydrogen) atoms. The molecule has 0 N–H and O–H groups in total. The van der Waals surface area contributed by atoms with Crippen LogP contribution < -0.4 is 4.74 Å². The van der Waals surface area contributed by atoms with E-state index in [-0.39, 0.29) is 6.10 Å². The van der Waals surface area contributed by atoms with E-state index in [2.05, 4.69) is 4.98 Å². The van der Waals surface area contributed by atoms with Gasteiger partial charge in [-0.25, -0.2) is 4.98 Å². The highest BCUT2D eigenvalue weighted by atomic mass is 16.5. The number of nitrogens with zero attached hydrogens (tertiary/aromatic N) is 1. The van der Waals surface area contributed by atoms with Crippen LogP contribution in [0.4, 0.5) is 0 Å². The molecule has 0 aliphatic carbocycles. The van der Waals surface area contributed by atoms with E-state index in [1.807, 2.05) is 18.2 Å². The van der Waals surface area contributed by atoms with E-state index in [0.717, 1.165) is 13.0 Å². The maximum Gasteiger partial charge on any atom is 0.213 e. The van der Waals surface area contributed by atoms with Gasteiger partial charge in [0, 0.05) is 18.7 Å². The molecule has 0 unspecified atom stereocenters. The maximum absolute atomic E-state index is 5.54. The summed E-state index contributed by atoms with van der Waals surface area (Å²) in [6, 6.07) is 5.65. The summed E-state index contributed by atoms with van der Waals surface area (Å²) in [5.74, 6) is 0.688. The smallest absolute Gasteiger partial charge is 0.213 e. The molecule has 1 aromatic heterocycles. The third kappa shape index (κ3) is 1.74. The first-order valence-corrected chi connectivity index (χ1v) is 4.10. The Morgan fingerprint density at radius 3 is 3.17 bits per heavy atom. The second-order valence-corrected chi connectivity index (χ2v) is 2.77. The monoisotopic (exact) mass is 165 g/mol. The van der Waals surface area contributed by atoms with Crippen molar-refractivity contribution in [3.63, 3.8) is 0 Å². The van der Waals surface area contributed by atoms with Crippen LogP contribution in [0.2, 0.25) is 0 Å². The summed E-state index contributed by atoms with van der Waals surface area (Å²) in [6.45, 7) is 1.49. The van der Waals surface area contributed by atoms with Crippen molar-refractivity contribution in [1.29, 1.82) is 0 Å². The lowest BCUT2D eigenvalue weighted by atomic mass is 10.3. The minimum atomic E-state index is 0.194. The fourth-order valence-corrected chi connectivity index (χ4v) is 1.19. The number of aromatic nitrogens is 1. The van der Waals surface area contributed by atoms with Crippen LogP contribution in [0.1, 0.15) is 6.42 Å². The molecule has 1 fully saturated rings. The van der Waals surface area contributed by atoms with Crippen molar-refractivity contribution in [3.05, 3.63) is 24.4 Å². The summed E-state index contributed by atoms with van der Waals surface area (Å²) in [7, 11) is 0. The van der Waals surface area contributed by atoms with Crippen LogP contribution in [0.15, 0.2) is 24.4 Å². The van der Waals surface area contributed by atoms with E-state index in [4.69, 9.17) is 9.47 Å². The average Bonchev–Trinajstić information content (AvgIpc) is 2.59. The van der Waals surface area contributed by atoms with Gasteiger partial charge in [-0.3, -0.25) is 0 Å². The summed E-state index contributed by atoms with van der Waals surface area (Å²) in [4.78, 5) is 4.06. The van der Waals surface area contributed by atoms with Gasteiger partial charge in [-0.2, -0.15) is 0 Å². The molecule has 1 aliphatic heterocycles. The maximum atomic E-state index is 5.54. The van der Waals surface area contributed by atoms with Gasteiger partial charge in [-0.15, -0.1) is 0 Å². The minimum absolute atomic E-state index is 0.194. The number of ether oxygens (including phenoxy) is 2. The van der Waals surface area contributed by atoms with E-state index < -0.39 is 0 Å². The van der Waals surface area contributed by atoms with Crippen LogP contribution in [0.5, 0.6) is 5.88 Å². The first-order valence-electron chi connectivity index (χ1n) is 4.10. The molecule has 0 saturated carbocycles. The molecule has 1 aliphatic rings. The van der Waals surface area contributed by atoms with Crippen molar-refractivity contribution in [2.24, 2.45) is 0 Å². The lowest BCUT2D eigenvalue weighted by molar-refractivity contribution is 0.138. The van der Waals surface area contributed by atoms with Crippen molar-refractivity contribution in [2.75, 3.05) is 13.2 Å². The molecule has 2 rings (SSSR count). The van der Waals surface area contributed by atoms with Gasteiger partial charge in [-0.1, -0.05) is 6.07 Å². The van der Waals surface area contributed by atoms with Gasteiger partial charge in [0.1, 0.15) is 6.10 Å². The summed E-state index contributed by atoms with van der Waals surface area (Å²) < 4.78 is 10.7. The lowest BCUT2D eigenvalue weighted by Gasteiger charge is -2.09. The predicted molar refractivity (Wildman–Crippen MR) is 44.1 cm³/mol. The van der Waals surface area contributed by atoms with Crippen molar-refractivity contribution in [3.8, 4) is 5.88 Å². The molecular formula is C9H11NO2. The molecule has 0 amide bonds. The summed E-state index contributed by atoms with van der Waals surface area (Å²) in [5, 5.41) is 0. The van der Waals surface area contributed by atoms with Gasteiger partial charge in [-0.05, 0) is 6.07 Å². The van der Waals surface area contributed by atoms with Crippen LogP contribution in [0, 0.1) is 0 Å². The Balaban J connectivity index is 1.94. The quantitative estimate of drug-likeness (QED) is 0.660. The van der Waals surface area contributed by atoms with Gasteiger partial charge in [0.25, 0.3) is 0 Å². The molecule has 1 aromatic rings. The Kier molecular flexibility index (Phi) is 2.23. The normalized spacial score (nSPS) is 22.5. The zero-order valence-corrected chi connectivity index (χ0v) is 6.77. The molecular weight excluding hydrogens is 154 g/mol. The van der Waals surface area contributed by atoms with E-state index in [0.29, 0.717) is 12.5 Å². The highest BCUT2D eigenvalue weighted by molar-refractivity contribution is 5.09. The third-order valence-electron chi connectivity index (χ3n) is 1.81. The topological polar surface area (TPSA) is 31.4 Å². The van der Waals surface area contributed by atoms with Crippen molar-refractivity contribution in [2.45, 2.75) is 12.5 Å². The Hall–Kier alpha value is -1.09. The van der Waals surface area contributed by atoms with Gasteiger partial charge >= 0.3 is 0 Å². The van der Waals surface area contributed by atoms with Crippen LogP contribution in [-0.2, 0) is 4.74 Å². The average molecular weight is 165 g/mol. The molecule has 0 spiro atoms. The summed E-state index contributed by atoms with van der Waals surface area (Å²) >= 11 is 0.